The van der Waals surface area contributed by atoms with Gasteiger partial charge in [0.1, 0.15) is 6.61 Å². The van der Waals surface area contributed by atoms with Crippen molar-refractivity contribution in [3.63, 3.8) is 0 Å². The van der Waals surface area contributed by atoms with Gasteiger partial charge in [0.15, 0.2) is 0 Å². The number of rotatable bonds is 3. The monoisotopic (exact) mass is 291 g/mol. The maximum atomic E-state index is 12.0. The van der Waals surface area contributed by atoms with E-state index in [0.29, 0.717) is 13.1 Å². The molecule has 0 bridgehead atoms. The zero-order valence-electron chi connectivity index (χ0n) is 11.5. The van der Waals surface area contributed by atoms with Crippen LogP contribution in [0.3, 0.4) is 0 Å². The highest BCUT2D eigenvalue weighted by Crippen LogP contribution is 2.34. The molecule has 1 aromatic carbocycles. The van der Waals surface area contributed by atoms with Crippen molar-refractivity contribution in [1.82, 2.24) is 4.90 Å². The Kier molecular flexibility index (Phi) is 3.79. The predicted octanol–water partition coefficient (Wildman–Crippen LogP) is 1.35. The van der Waals surface area contributed by atoms with Crippen LogP contribution in [-0.2, 0) is 20.9 Å². The van der Waals surface area contributed by atoms with Crippen molar-refractivity contribution >= 4 is 12.1 Å². The molecule has 2 aliphatic rings. The first-order chi connectivity index (χ1) is 10.1. The second-order valence-corrected chi connectivity index (χ2v) is 5.43. The number of hydrogen-bond acceptors (Lipinski definition) is 4. The number of benzene rings is 1. The molecule has 112 valence electrons. The molecule has 2 fully saturated rings. The molecule has 0 radical (unpaired) electrons. The number of carbonyl (C=O) groups excluding carboxylic acids is 1. The number of likely N-dealkylation sites (tertiary alicyclic amines) is 1. The Morgan fingerprint density at radius 2 is 2.05 bits per heavy atom. The predicted molar refractivity (Wildman–Crippen MR) is 72.6 cm³/mol. The van der Waals surface area contributed by atoms with Gasteiger partial charge in [-0.15, -0.1) is 0 Å². The highest BCUT2D eigenvalue weighted by Gasteiger charge is 2.48. The fraction of sp³-hybridized carbons (Fsp3) is 0.467. The molecule has 2 saturated heterocycles. The van der Waals surface area contributed by atoms with Crippen LogP contribution in [-0.4, -0.2) is 47.9 Å². The third kappa shape index (κ3) is 2.85. The number of aliphatic carboxylic acids is 1. The minimum atomic E-state index is -0.859. The van der Waals surface area contributed by atoms with E-state index < -0.39 is 18.0 Å². The highest BCUT2D eigenvalue weighted by molar-refractivity contribution is 5.72. The molecule has 0 unspecified atom stereocenters. The lowest BCUT2D eigenvalue weighted by Gasteiger charge is -2.18. The second-order valence-electron chi connectivity index (χ2n) is 5.43. The zero-order chi connectivity index (χ0) is 14.8. The number of ether oxygens (including phenoxy) is 2. The molecule has 0 aromatic heterocycles. The maximum Gasteiger partial charge on any atom is 0.410 e. The van der Waals surface area contributed by atoms with Crippen LogP contribution in [0.25, 0.3) is 0 Å². The smallest absolute Gasteiger partial charge is 0.410 e. The van der Waals surface area contributed by atoms with Crippen LogP contribution in [0.2, 0.25) is 0 Å². The minimum absolute atomic E-state index is 0.133. The molecule has 6 nitrogen and oxygen atoms in total. The lowest BCUT2D eigenvalue weighted by molar-refractivity contribution is -0.142. The van der Waals surface area contributed by atoms with Crippen LogP contribution in [0.5, 0.6) is 0 Å². The average molecular weight is 291 g/mol. The van der Waals surface area contributed by atoms with Gasteiger partial charge in [0, 0.05) is 12.5 Å². The molecule has 0 saturated carbocycles. The Bertz CT molecular complexity index is 532. The normalized spacial score (nSPS) is 27.4. The van der Waals surface area contributed by atoms with Gasteiger partial charge in [-0.1, -0.05) is 30.3 Å². The summed E-state index contributed by atoms with van der Waals surface area (Å²) < 4.78 is 10.7. The lowest BCUT2D eigenvalue weighted by atomic mass is 9.93. The van der Waals surface area contributed by atoms with Crippen LogP contribution in [0.1, 0.15) is 5.56 Å². The Hall–Kier alpha value is -2.08. The molecular weight excluding hydrogens is 274 g/mol. The van der Waals surface area contributed by atoms with Crippen molar-refractivity contribution in [2.24, 2.45) is 11.8 Å². The van der Waals surface area contributed by atoms with Crippen LogP contribution in [0, 0.1) is 11.8 Å². The molecule has 1 amide bonds. The summed E-state index contributed by atoms with van der Waals surface area (Å²) in [7, 11) is 0. The number of carboxylic acids is 1. The van der Waals surface area contributed by atoms with Gasteiger partial charge < -0.3 is 19.5 Å². The number of fused-ring (bicyclic) bond motifs is 1. The number of hydrogen-bond donors (Lipinski definition) is 1. The van der Waals surface area contributed by atoms with Gasteiger partial charge in [-0.3, -0.25) is 4.79 Å². The summed E-state index contributed by atoms with van der Waals surface area (Å²) in [6.45, 7) is 1.24. The molecule has 1 aromatic rings. The first kappa shape index (κ1) is 13.9. The SMILES string of the molecule is O=C(O)[C@@H]1CO[C@@H]2CN(C(=O)OCc3ccccc3)C[C@@H]21. The molecule has 2 aliphatic heterocycles. The van der Waals surface area contributed by atoms with E-state index in [1.165, 1.54) is 4.90 Å². The summed E-state index contributed by atoms with van der Waals surface area (Å²) in [5, 5.41) is 9.12. The van der Waals surface area contributed by atoms with Crippen LogP contribution in [0.4, 0.5) is 4.79 Å². The second kappa shape index (κ2) is 5.73. The molecule has 0 aliphatic carbocycles. The van der Waals surface area contributed by atoms with E-state index in [9.17, 15) is 9.59 Å². The summed E-state index contributed by atoms with van der Waals surface area (Å²) >= 11 is 0. The van der Waals surface area contributed by atoms with Crippen molar-refractivity contribution in [2.75, 3.05) is 19.7 Å². The quantitative estimate of drug-likeness (QED) is 0.910. The maximum absolute atomic E-state index is 12.0. The van der Waals surface area contributed by atoms with Crippen molar-refractivity contribution in [3.8, 4) is 0 Å². The first-order valence-corrected chi connectivity index (χ1v) is 6.95. The molecule has 6 heteroatoms. The van der Waals surface area contributed by atoms with E-state index in [4.69, 9.17) is 14.6 Å². The largest absolute Gasteiger partial charge is 0.481 e. The Morgan fingerprint density at radius 1 is 1.29 bits per heavy atom. The summed E-state index contributed by atoms with van der Waals surface area (Å²) in [6, 6.07) is 9.44. The van der Waals surface area contributed by atoms with E-state index in [1.54, 1.807) is 0 Å². The van der Waals surface area contributed by atoms with E-state index in [2.05, 4.69) is 0 Å². The van der Waals surface area contributed by atoms with Crippen molar-refractivity contribution in [3.05, 3.63) is 35.9 Å². The zero-order valence-corrected chi connectivity index (χ0v) is 11.5. The van der Waals surface area contributed by atoms with Gasteiger partial charge in [0.25, 0.3) is 0 Å². The standard InChI is InChI=1S/C15H17NO5/c17-14(18)12-9-20-13-7-16(6-11(12)13)15(19)21-8-10-4-2-1-3-5-10/h1-5,11-13H,6-9H2,(H,17,18)/t11-,12-,13-/m1/s1. The van der Waals surface area contributed by atoms with Gasteiger partial charge in [0.05, 0.1) is 25.2 Å². The number of carbonyl (C=O) groups is 2. The van der Waals surface area contributed by atoms with Crippen molar-refractivity contribution in [1.29, 1.82) is 0 Å². The van der Waals surface area contributed by atoms with Crippen LogP contribution in [0.15, 0.2) is 30.3 Å². The fourth-order valence-corrected chi connectivity index (χ4v) is 2.93. The molecule has 0 spiro atoms. The highest BCUT2D eigenvalue weighted by atomic mass is 16.6. The van der Waals surface area contributed by atoms with Gasteiger partial charge >= 0.3 is 12.1 Å². The van der Waals surface area contributed by atoms with Gasteiger partial charge in [0.2, 0.25) is 0 Å². The third-order valence-electron chi connectivity index (χ3n) is 4.10. The summed E-state index contributed by atoms with van der Waals surface area (Å²) in [5.41, 5.74) is 0.921. The van der Waals surface area contributed by atoms with E-state index >= 15 is 0 Å². The topological polar surface area (TPSA) is 76.1 Å². The summed E-state index contributed by atoms with van der Waals surface area (Å²) in [4.78, 5) is 24.7. The van der Waals surface area contributed by atoms with Crippen molar-refractivity contribution in [2.45, 2.75) is 12.7 Å². The van der Waals surface area contributed by atoms with E-state index in [0.717, 1.165) is 5.56 Å². The third-order valence-corrected chi connectivity index (χ3v) is 4.10. The molecule has 3 rings (SSSR count). The van der Waals surface area contributed by atoms with Gasteiger partial charge in [-0.25, -0.2) is 4.79 Å². The van der Waals surface area contributed by atoms with Crippen LogP contribution >= 0.6 is 0 Å². The molecule has 1 N–H and O–H groups in total. The summed E-state index contributed by atoms with van der Waals surface area (Å²) in [6.07, 6.45) is -0.601. The first-order valence-electron chi connectivity index (χ1n) is 6.95. The molecule has 21 heavy (non-hydrogen) atoms. The fourth-order valence-electron chi connectivity index (χ4n) is 2.93. The minimum Gasteiger partial charge on any atom is -0.481 e. The summed E-state index contributed by atoms with van der Waals surface area (Å²) in [5.74, 6) is -1.52. The van der Waals surface area contributed by atoms with Crippen LogP contribution < -0.4 is 0 Å². The molecular formula is C15H17NO5. The number of nitrogens with zero attached hydrogens (tertiary/aromatic N) is 1. The van der Waals surface area contributed by atoms with E-state index in [-0.39, 0.29) is 25.2 Å². The average Bonchev–Trinajstić information content (AvgIpc) is 3.05. The van der Waals surface area contributed by atoms with Gasteiger partial charge in [-0.2, -0.15) is 0 Å². The lowest BCUT2D eigenvalue weighted by Crippen LogP contribution is -2.32. The Labute approximate surface area is 122 Å². The Balaban J connectivity index is 1.54. The van der Waals surface area contributed by atoms with E-state index in [1.807, 2.05) is 30.3 Å². The molecule has 2 heterocycles. The molecule has 3 atom stereocenters. The van der Waals surface area contributed by atoms with Crippen molar-refractivity contribution < 1.29 is 24.2 Å². The Morgan fingerprint density at radius 3 is 2.76 bits per heavy atom. The van der Waals surface area contributed by atoms with Gasteiger partial charge in [-0.05, 0) is 5.56 Å². The number of carboxylic acid groups (broad SMARTS) is 1. The number of amides is 1.